The first-order valence-corrected chi connectivity index (χ1v) is 10.7. The molecule has 0 aliphatic heterocycles. The molecule has 7 heteroatoms. The van der Waals surface area contributed by atoms with E-state index in [0.717, 1.165) is 33.6 Å². The summed E-state index contributed by atoms with van der Waals surface area (Å²) in [5.74, 6) is -0.433. The van der Waals surface area contributed by atoms with Crippen LogP contribution in [0.5, 0.6) is 0 Å². The lowest BCUT2D eigenvalue weighted by atomic mass is 10.0. The van der Waals surface area contributed by atoms with Crippen LogP contribution in [0.15, 0.2) is 73.1 Å². The van der Waals surface area contributed by atoms with Crippen molar-refractivity contribution in [1.82, 2.24) is 9.38 Å². The first kappa shape index (κ1) is 22.7. The van der Waals surface area contributed by atoms with Gasteiger partial charge in [-0.1, -0.05) is 42.5 Å². The highest BCUT2D eigenvalue weighted by Gasteiger charge is 2.27. The minimum absolute atomic E-state index is 0.0307. The number of Topliss-reactive ketones (excluding diaryl/α,β-unsaturated/α-hetero) is 1. The number of halogens is 3. The molecule has 2 heterocycles. The summed E-state index contributed by atoms with van der Waals surface area (Å²) in [7, 11) is 0. The van der Waals surface area contributed by atoms with Crippen LogP contribution in [0.3, 0.4) is 0 Å². The average Bonchev–Trinajstić information content (AvgIpc) is 3.22. The lowest BCUT2D eigenvalue weighted by molar-refractivity contribution is -0.143. The summed E-state index contributed by atoms with van der Waals surface area (Å²) in [5.41, 5.74) is 6.23. The maximum absolute atomic E-state index is 12.4. The van der Waals surface area contributed by atoms with E-state index >= 15 is 0 Å². The van der Waals surface area contributed by atoms with Gasteiger partial charge in [-0.3, -0.25) is 9.20 Å². The summed E-state index contributed by atoms with van der Waals surface area (Å²) in [6.45, 7) is 0.116. The number of benzene rings is 2. The molecule has 0 saturated carbocycles. The predicted octanol–water partition coefficient (Wildman–Crippen LogP) is 5.66. The second-order valence-electron chi connectivity index (χ2n) is 7.99. The second-order valence-corrected chi connectivity index (χ2v) is 7.99. The molecule has 170 valence electrons. The van der Waals surface area contributed by atoms with E-state index in [9.17, 15) is 18.0 Å². The molecular formula is C26H23F3N2O2. The average molecular weight is 452 g/mol. The maximum atomic E-state index is 12.4. The quantitative estimate of drug-likeness (QED) is 0.376. The fraction of sp³-hybridized carbons (Fsp3) is 0.231. The van der Waals surface area contributed by atoms with Gasteiger partial charge in [-0.15, -0.1) is 0 Å². The van der Waals surface area contributed by atoms with Gasteiger partial charge in [0.05, 0.1) is 18.3 Å². The van der Waals surface area contributed by atoms with Gasteiger partial charge < -0.3 is 5.11 Å². The Bertz CT molecular complexity index is 1260. The third-order valence-corrected chi connectivity index (χ3v) is 5.51. The number of aliphatic hydroxyl groups excluding tert-OH is 1. The predicted molar refractivity (Wildman–Crippen MR) is 121 cm³/mol. The van der Waals surface area contributed by atoms with Crippen LogP contribution >= 0.6 is 0 Å². The molecule has 0 spiro atoms. The summed E-state index contributed by atoms with van der Waals surface area (Å²) in [4.78, 5) is 16.5. The molecule has 4 aromatic rings. The fourth-order valence-electron chi connectivity index (χ4n) is 3.80. The van der Waals surface area contributed by atoms with Gasteiger partial charge in [0.25, 0.3) is 0 Å². The summed E-state index contributed by atoms with van der Waals surface area (Å²) < 4.78 is 39.0. The number of hydrogen-bond donors (Lipinski definition) is 1. The van der Waals surface area contributed by atoms with Crippen LogP contribution < -0.4 is 0 Å². The SMILES string of the molecule is O=C(CCC(F)(F)F)Cc1cccc(-c2cnc3cc(-c4ccc(CCO)cc4)ccn23)c1. The Labute approximate surface area is 189 Å². The van der Waals surface area contributed by atoms with E-state index in [1.807, 2.05) is 59.1 Å². The zero-order chi connectivity index (χ0) is 23.4. The Morgan fingerprint density at radius 2 is 1.73 bits per heavy atom. The van der Waals surface area contributed by atoms with Gasteiger partial charge in [-0.25, -0.2) is 4.98 Å². The first-order valence-electron chi connectivity index (χ1n) is 10.7. The topological polar surface area (TPSA) is 54.6 Å². The molecule has 0 aliphatic rings. The Kier molecular flexibility index (Phi) is 6.60. The van der Waals surface area contributed by atoms with Crippen molar-refractivity contribution in [2.75, 3.05) is 6.61 Å². The molecule has 33 heavy (non-hydrogen) atoms. The van der Waals surface area contributed by atoms with Gasteiger partial charge in [-0.2, -0.15) is 13.2 Å². The number of imidazole rings is 1. The van der Waals surface area contributed by atoms with Crippen molar-refractivity contribution < 1.29 is 23.1 Å². The molecule has 4 nitrogen and oxygen atoms in total. The normalized spacial score (nSPS) is 11.8. The smallest absolute Gasteiger partial charge is 0.389 e. The van der Waals surface area contributed by atoms with E-state index in [1.54, 1.807) is 18.3 Å². The molecule has 0 saturated heterocycles. The fourth-order valence-corrected chi connectivity index (χ4v) is 3.80. The van der Waals surface area contributed by atoms with Gasteiger partial charge in [-0.05, 0) is 46.9 Å². The van der Waals surface area contributed by atoms with Gasteiger partial charge in [0.15, 0.2) is 0 Å². The van der Waals surface area contributed by atoms with E-state index in [2.05, 4.69) is 4.98 Å². The molecule has 2 aromatic carbocycles. The van der Waals surface area contributed by atoms with Crippen LogP contribution in [0.1, 0.15) is 24.0 Å². The number of ketones is 1. The number of carbonyl (C=O) groups is 1. The summed E-state index contributed by atoms with van der Waals surface area (Å²) in [6, 6.07) is 19.2. The molecular weight excluding hydrogens is 429 g/mol. The number of carbonyl (C=O) groups excluding carboxylic acids is 1. The Balaban J connectivity index is 1.54. The highest BCUT2D eigenvalue weighted by Crippen LogP contribution is 2.27. The van der Waals surface area contributed by atoms with E-state index in [0.29, 0.717) is 12.0 Å². The Hall–Kier alpha value is -3.45. The summed E-state index contributed by atoms with van der Waals surface area (Å²) in [6.07, 6.45) is -1.66. The van der Waals surface area contributed by atoms with Crippen LogP contribution in [0.4, 0.5) is 13.2 Å². The van der Waals surface area contributed by atoms with Crippen molar-refractivity contribution in [2.24, 2.45) is 0 Å². The molecule has 0 atom stereocenters. The third-order valence-electron chi connectivity index (χ3n) is 5.51. The molecule has 0 unspecified atom stereocenters. The molecule has 2 aromatic heterocycles. The van der Waals surface area contributed by atoms with Crippen molar-refractivity contribution in [3.05, 3.63) is 84.2 Å². The standard InChI is InChI=1S/C26H23F3N2O2/c27-26(28,29)11-8-23(33)15-19-2-1-3-22(14-19)24-17-30-25-16-21(9-12-31(24)25)20-6-4-18(5-7-20)10-13-32/h1-7,9,12,14,16-17,32H,8,10-11,13,15H2. The number of alkyl halides is 3. The summed E-state index contributed by atoms with van der Waals surface area (Å²) >= 11 is 0. The highest BCUT2D eigenvalue weighted by atomic mass is 19.4. The van der Waals surface area contributed by atoms with E-state index in [-0.39, 0.29) is 13.0 Å². The van der Waals surface area contributed by atoms with E-state index in [1.165, 1.54) is 0 Å². The first-order chi connectivity index (χ1) is 15.8. The molecule has 0 aliphatic carbocycles. The number of rotatable bonds is 8. The van der Waals surface area contributed by atoms with Crippen LogP contribution in [-0.4, -0.2) is 33.1 Å². The van der Waals surface area contributed by atoms with Gasteiger partial charge >= 0.3 is 6.18 Å². The number of nitrogens with zero attached hydrogens (tertiary/aromatic N) is 2. The third kappa shape index (κ3) is 5.68. The van der Waals surface area contributed by atoms with Crippen LogP contribution in [0, 0.1) is 0 Å². The van der Waals surface area contributed by atoms with Gasteiger partial charge in [0.1, 0.15) is 11.4 Å². The highest BCUT2D eigenvalue weighted by molar-refractivity contribution is 5.81. The molecule has 0 radical (unpaired) electrons. The molecule has 0 amide bonds. The van der Waals surface area contributed by atoms with Gasteiger partial charge in [0.2, 0.25) is 0 Å². The van der Waals surface area contributed by atoms with E-state index in [4.69, 9.17) is 5.11 Å². The Morgan fingerprint density at radius 3 is 2.45 bits per heavy atom. The number of aromatic nitrogens is 2. The number of pyridine rings is 1. The van der Waals surface area contributed by atoms with E-state index < -0.39 is 24.8 Å². The monoisotopic (exact) mass is 452 g/mol. The molecule has 1 N–H and O–H groups in total. The minimum atomic E-state index is -4.33. The molecule has 4 rings (SSSR count). The van der Waals surface area contributed by atoms with Crippen molar-refractivity contribution in [1.29, 1.82) is 0 Å². The van der Waals surface area contributed by atoms with Crippen LogP contribution in [0.25, 0.3) is 28.0 Å². The maximum Gasteiger partial charge on any atom is 0.389 e. The molecule has 0 bridgehead atoms. The van der Waals surface area contributed by atoms with Crippen molar-refractivity contribution in [3.8, 4) is 22.4 Å². The minimum Gasteiger partial charge on any atom is -0.396 e. The van der Waals surface area contributed by atoms with Crippen LogP contribution in [0.2, 0.25) is 0 Å². The Morgan fingerprint density at radius 1 is 0.939 bits per heavy atom. The number of fused-ring (bicyclic) bond motifs is 1. The number of hydrogen-bond acceptors (Lipinski definition) is 3. The lowest BCUT2D eigenvalue weighted by Gasteiger charge is -2.08. The lowest BCUT2D eigenvalue weighted by Crippen LogP contribution is -2.12. The number of aliphatic hydroxyl groups is 1. The van der Waals surface area contributed by atoms with Crippen molar-refractivity contribution >= 4 is 11.4 Å². The zero-order valence-corrected chi connectivity index (χ0v) is 17.8. The van der Waals surface area contributed by atoms with Crippen molar-refractivity contribution in [2.45, 2.75) is 31.9 Å². The van der Waals surface area contributed by atoms with Crippen molar-refractivity contribution in [3.63, 3.8) is 0 Å². The van der Waals surface area contributed by atoms with Crippen LogP contribution in [-0.2, 0) is 17.6 Å². The zero-order valence-electron chi connectivity index (χ0n) is 17.8. The second kappa shape index (κ2) is 9.58. The summed E-state index contributed by atoms with van der Waals surface area (Å²) in [5, 5.41) is 9.07. The largest absolute Gasteiger partial charge is 0.396 e. The van der Waals surface area contributed by atoms with Gasteiger partial charge in [0, 0.05) is 31.2 Å². The molecule has 0 fully saturated rings.